The first kappa shape index (κ1) is 13.2. The molecule has 0 aliphatic carbocycles. The number of nitrogens with zero attached hydrogens (tertiary/aromatic N) is 1. The number of likely N-dealkylation sites (N-methyl/N-ethyl adjacent to an activating group) is 1. The molecule has 2 heteroatoms. The topological polar surface area (TPSA) is 15.3 Å². The Balaban J connectivity index is 2.78. The van der Waals surface area contributed by atoms with Crippen LogP contribution in [0.1, 0.15) is 30.5 Å². The van der Waals surface area contributed by atoms with Gasteiger partial charge >= 0.3 is 0 Å². The minimum absolute atomic E-state index is 0.441. The van der Waals surface area contributed by atoms with Gasteiger partial charge in [0, 0.05) is 12.6 Å². The molecule has 0 saturated heterocycles. The summed E-state index contributed by atoms with van der Waals surface area (Å²) in [5.74, 6) is 0. The first-order chi connectivity index (χ1) is 7.65. The van der Waals surface area contributed by atoms with Crippen LogP contribution in [0, 0.1) is 6.92 Å². The number of hydrogen-bond acceptors (Lipinski definition) is 2. The molecule has 0 spiro atoms. The summed E-state index contributed by atoms with van der Waals surface area (Å²) in [6.45, 7) is 6.51. The van der Waals surface area contributed by atoms with Crippen molar-refractivity contribution in [2.75, 3.05) is 27.2 Å². The molecular weight excluding hydrogens is 196 g/mol. The Morgan fingerprint density at radius 3 is 2.50 bits per heavy atom. The lowest BCUT2D eigenvalue weighted by molar-refractivity contribution is 0.341. The Kier molecular flexibility index (Phi) is 5.50. The minimum atomic E-state index is 0.441. The second-order valence-corrected chi connectivity index (χ2v) is 4.63. The molecule has 90 valence electrons. The average Bonchev–Trinajstić information content (AvgIpc) is 2.24. The average molecular weight is 220 g/mol. The zero-order valence-corrected chi connectivity index (χ0v) is 11.0. The summed E-state index contributed by atoms with van der Waals surface area (Å²) in [5.41, 5.74) is 2.79. The molecule has 0 saturated carbocycles. The summed E-state index contributed by atoms with van der Waals surface area (Å²) in [4.78, 5) is 2.24. The predicted molar refractivity (Wildman–Crippen MR) is 70.8 cm³/mol. The quantitative estimate of drug-likeness (QED) is 0.792. The molecule has 0 fully saturated rings. The molecule has 0 aliphatic rings. The van der Waals surface area contributed by atoms with E-state index in [2.05, 4.69) is 62.4 Å². The molecular formula is C14H24N2. The van der Waals surface area contributed by atoms with Gasteiger partial charge in [0.25, 0.3) is 0 Å². The van der Waals surface area contributed by atoms with Gasteiger partial charge < -0.3 is 10.2 Å². The summed E-state index contributed by atoms with van der Waals surface area (Å²) in [6, 6.07) is 9.08. The first-order valence-electron chi connectivity index (χ1n) is 6.08. The van der Waals surface area contributed by atoms with Crippen LogP contribution in [0.5, 0.6) is 0 Å². The lowest BCUT2D eigenvalue weighted by Crippen LogP contribution is -2.32. The summed E-state index contributed by atoms with van der Waals surface area (Å²) < 4.78 is 0. The van der Waals surface area contributed by atoms with Crippen molar-refractivity contribution >= 4 is 0 Å². The van der Waals surface area contributed by atoms with Crippen LogP contribution in [-0.4, -0.2) is 32.1 Å². The molecule has 1 N–H and O–H groups in total. The van der Waals surface area contributed by atoms with E-state index < -0.39 is 0 Å². The highest BCUT2D eigenvalue weighted by Gasteiger charge is 2.13. The lowest BCUT2D eigenvalue weighted by Gasteiger charge is -2.24. The summed E-state index contributed by atoms with van der Waals surface area (Å²) >= 11 is 0. The van der Waals surface area contributed by atoms with E-state index in [1.165, 1.54) is 17.5 Å². The van der Waals surface area contributed by atoms with E-state index in [4.69, 9.17) is 0 Å². The number of rotatable bonds is 6. The van der Waals surface area contributed by atoms with E-state index in [-0.39, 0.29) is 0 Å². The van der Waals surface area contributed by atoms with Crippen LogP contribution >= 0.6 is 0 Å². The fraction of sp³-hybridized carbons (Fsp3) is 0.571. The summed E-state index contributed by atoms with van der Waals surface area (Å²) in [5, 5.41) is 3.62. The highest BCUT2D eigenvalue weighted by molar-refractivity contribution is 5.29. The summed E-state index contributed by atoms with van der Waals surface area (Å²) in [6.07, 6.45) is 1.18. The highest BCUT2D eigenvalue weighted by Crippen LogP contribution is 2.17. The summed E-state index contributed by atoms with van der Waals surface area (Å²) in [7, 11) is 4.25. The van der Waals surface area contributed by atoms with Crippen molar-refractivity contribution in [2.24, 2.45) is 0 Å². The van der Waals surface area contributed by atoms with E-state index in [0.29, 0.717) is 6.04 Å². The van der Waals surface area contributed by atoms with Crippen molar-refractivity contribution in [3.05, 3.63) is 35.4 Å². The van der Waals surface area contributed by atoms with Crippen molar-refractivity contribution < 1.29 is 0 Å². The maximum atomic E-state index is 3.62. The van der Waals surface area contributed by atoms with Gasteiger partial charge in [-0.1, -0.05) is 31.2 Å². The van der Waals surface area contributed by atoms with Crippen molar-refractivity contribution in [1.82, 2.24) is 10.2 Å². The Morgan fingerprint density at radius 2 is 1.94 bits per heavy atom. The molecule has 1 unspecified atom stereocenters. The standard InChI is InChI=1S/C14H24N2/c1-5-10-15-14(11-16(3)4)13-9-7-6-8-12(13)2/h6-9,14-15H,5,10-11H2,1-4H3. The fourth-order valence-electron chi connectivity index (χ4n) is 1.93. The molecule has 1 aromatic carbocycles. The molecule has 0 heterocycles. The van der Waals surface area contributed by atoms with Crippen LogP contribution in [0.4, 0.5) is 0 Å². The largest absolute Gasteiger partial charge is 0.309 e. The molecule has 1 rings (SSSR count). The predicted octanol–water partition coefficient (Wildman–Crippen LogP) is 2.60. The number of benzene rings is 1. The normalized spacial score (nSPS) is 13.1. The van der Waals surface area contributed by atoms with Gasteiger partial charge in [-0.2, -0.15) is 0 Å². The van der Waals surface area contributed by atoms with Crippen LogP contribution in [0.25, 0.3) is 0 Å². The van der Waals surface area contributed by atoms with Crippen LogP contribution in [-0.2, 0) is 0 Å². The fourth-order valence-corrected chi connectivity index (χ4v) is 1.93. The van der Waals surface area contributed by atoms with E-state index in [1.54, 1.807) is 0 Å². The monoisotopic (exact) mass is 220 g/mol. The smallest absolute Gasteiger partial charge is 0.0451 e. The Bertz CT molecular complexity index is 307. The van der Waals surface area contributed by atoms with Crippen LogP contribution in [0.2, 0.25) is 0 Å². The SMILES string of the molecule is CCCNC(CN(C)C)c1ccccc1C. The lowest BCUT2D eigenvalue weighted by atomic mass is 10.0. The van der Waals surface area contributed by atoms with Gasteiger partial charge in [0.05, 0.1) is 0 Å². The van der Waals surface area contributed by atoms with E-state index >= 15 is 0 Å². The van der Waals surface area contributed by atoms with Crippen LogP contribution < -0.4 is 5.32 Å². The van der Waals surface area contributed by atoms with E-state index in [1.807, 2.05) is 0 Å². The third-order valence-electron chi connectivity index (χ3n) is 2.75. The van der Waals surface area contributed by atoms with Crippen LogP contribution in [0.3, 0.4) is 0 Å². The van der Waals surface area contributed by atoms with E-state index in [9.17, 15) is 0 Å². The number of nitrogens with one attached hydrogen (secondary N) is 1. The van der Waals surface area contributed by atoms with Crippen molar-refractivity contribution in [3.8, 4) is 0 Å². The highest BCUT2D eigenvalue weighted by atomic mass is 15.1. The number of hydrogen-bond donors (Lipinski definition) is 1. The molecule has 1 aromatic rings. The molecule has 0 amide bonds. The first-order valence-corrected chi connectivity index (χ1v) is 6.08. The van der Waals surface area contributed by atoms with Crippen molar-refractivity contribution in [3.63, 3.8) is 0 Å². The van der Waals surface area contributed by atoms with Gasteiger partial charge in [-0.25, -0.2) is 0 Å². The molecule has 0 bridgehead atoms. The van der Waals surface area contributed by atoms with Gasteiger partial charge in [0.2, 0.25) is 0 Å². The zero-order chi connectivity index (χ0) is 12.0. The van der Waals surface area contributed by atoms with Gasteiger partial charge in [0.15, 0.2) is 0 Å². The second-order valence-electron chi connectivity index (χ2n) is 4.63. The third-order valence-corrected chi connectivity index (χ3v) is 2.75. The van der Waals surface area contributed by atoms with Crippen LogP contribution in [0.15, 0.2) is 24.3 Å². The number of aryl methyl sites for hydroxylation is 1. The molecule has 0 aromatic heterocycles. The van der Waals surface area contributed by atoms with Gasteiger partial charge in [-0.05, 0) is 45.1 Å². The minimum Gasteiger partial charge on any atom is -0.309 e. The Morgan fingerprint density at radius 1 is 1.25 bits per heavy atom. The third kappa shape index (κ3) is 3.95. The molecule has 0 radical (unpaired) electrons. The van der Waals surface area contributed by atoms with Crippen molar-refractivity contribution in [2.45, 2.75) is 26.3 Å². The zero-order valence-electron chi connectivity index (χ0n) is 11.0. The van der Waals surface area contributed by atoms with Gasteiger partial charge in [0.1, 0.15) is 0 Å². The molecule has 1 atom stereocenters. The van der Waals surface area contributed by atoms with Gasteiger partial charge in [-0.15, -0.1) is 0 Å². The molecule has 2 nitrogen and oxygen atoms in total. The maximum absolute atomic E-state index is 3.62. The van der Waals surface area contributed by atoms with Crippen molar-refractivity contribution in [1.29, 1.82) is 0 Å². The maximum Gasteiger partial charge on any atom is 0.0451 e. The van der Waals surface area contributed by atoms with E-state index in [0.717, 1.165) is 13.1 Å². The van der Waals surface area contributed by atoms with Gasteiger partial charge in [-0.3, -0.25) is 0 Å². The molecule has 16 heavy (non-hydrogen) atoms. The Labute approximate surface area is 99.7 Å². The Hall–Kier alpha value is -0.860. The second kappa shape index (κ2) is 6.66. The molecule has 0 aliphatic heterocycles.